The van der Waals surface area contributed by atoms with Gasteiger partial charge in [0.05, 0.1) is 0 Å². The molecule has 2 aliphatic heterocycles. The van der Waals surface area contributed by atoms with E-state index in [0.29, 0.717) is 5.92 Å². The molecule has 6 nitrogen and oxygen atoms in total. The largest absolute Gasteiger partial charge is 0.381 e. The predicted octanol–water partition coefficient (Wildman–Crippen LogP) is 2.40. The van der Waals surface area contributed by atoms with Gasteiger partial charge in [-0.1, -0.05) is 6.07 Å². The average Bonchev–Trinajstić information content (AvgIpc) is 2.69. The fourth-order valence-electron chi connectivity index (χ4n) is 3.64. The van der Waals surface area contributed by atoms with E-state index in [0.717, 1.165) is 69.7 Å². The Morgan fingerprint density at radius 1 is 0.960 bits per heavy atom. The molecule has 2 aromatic rings. The molecule has 4 rings (SSSR count). The highest BCUT2D eigenvalue weighted by molar-refractivity contribution is 5.45. The van der Waals surface area contributed by atoms with Crippen LogP contribution in [0.4, 0.5) is 11.6 Å². The minimum Gasteiger partial charge on any atom is -0.381 e. The summed E-state index contributed by atoms with van der Waals surface area (Å²) in [6.45, 7) is 7.52. The summed E-state index contributed by atoms with van der Waals surface area (Å²) in [5.74, 6) is 3.49. The summed E-state index contributed by atoms with van der Waals surface area (Å²) >= 11 is 0. The smallest absolute Gasteiger partial charge is 0.132 e. The van der Waals surface area contributed by atoms with Gasteiger partial charge in [-0.15, -0.1) is 0 Å². The van der Waals surface area contributed by atoms with E-state index in [9.17, 15) is 0 Å². The van der Waals surface area contributed by atoms with Crippen molar-refractivity contribution in [3.8, 4) is 0 Å². The fourth-order valence-corrected chi connectivity index (χ4v) is 3.64. The lowest BCUT2D eigenvalue weighted by Gasteiger charge is -2.36. The average molecular weight is 339 g/mol. The lowest BCUT2D eigenvalue weighted by Crippen LogP contribution is -2.47. The molecule has 0 atom stereocenters. The van der Waals surface area contributed by atoms with Crippen LogP contribution >= 0.6 is 0 Å². The Morgan fingerprint density at radius 3 is 2.36 bits per heavy atom. The highest BCUT2D eigenvalue weighted by Gasteiger charge is 2.22. The first-order valence-corrected chi connectivity index (χ1v) is 9.14. The summed E-state index contributed by atoms with van der Waals surface area (Å²) in [6, 6.07) is 8.27. The number of rotatable bonds is 3. The lowest BCUT2D eigenvalue weighted by molar-refractivity contribution is 0.0844. The molecule has 25 heavy (non-hydrogen) atoms. The summed E-state index contributed by atoms with van der Waals surface area (Å²) in [6.07, 6.45) is 3.97. The van der Waals surface area contributed by atoms with Crippen LogP contribution in [-0.2, 0) is 4.74 Å². The monoisotopic (exact) mass is 339 g/mol. The number of pyridine rings is 1. The van der Waals surface area contributed by atoms with Gasteiger partial charge < -0.3 is 14.5 Å². The summed E-state index contributed by atoms with van der Waals surface area (Å²) < 4.78 is 5.49. The molecule has 0 saturated carbocycles. The van der Waals surface area contributed by atoms with E-state index in [1.54, 1.807) is 0 Å². The molecular weight excluding hydrogens is 314 g/mol. The molecule has 0 bridgehead atoms. The molecule has 2 fully saturated rings. The minimum absolute atomic E-state index is 0.504. The van der Waals surface area contributed by atoms with Gasteiger partial charge in [-0.05, 0) is 31.9 Å². The van der Waals surface area contributed by atoms with Crippen LogP contribution < -0.4 is 9.80 Å². The molecule has 2 aromatic heterocycles. The van der Waals surface area contributed by atoms with Crippen molar-refractivity contribution in [2.75, 3.05) is 49.2 Å². The second kappa shape index (κ2) is 7.35. The van der Waals surface area contributed by atoms with Crippen LogP contribution in [0.5, 0.6) is 0 Å². The molecule has 132 valence electrons. The molecule has 2 saturated heterocycles. The maximum absolute atomic E-state index is 5.49. The first-order chi connectivity index (χ1) is 12.3. The minimum atomic E-state index is 0.504. The van der Waals surface area contributed by atoms with Gasteiger partial charge in [0, 0.05) is 63.3 Å². The molecule has 0 radical (unpaired) electrons. The number of hydrogen-bond acceptors (Lipinski definition) is 6. The van der Waals surface area contributed by atoms with Crippen LogP contribution in [0.1, 0.15) is 30.3 Å². The summed E-state index contributed by atoms with van der Waals surface area (Å²) in [5, 5.41) is 0. The maximum Gasteiger partial charge on any atom is 0.132 e. The molecule has 0 aliphatic carbocycles. The van der Waals surface area contributed by atoms with E-state index in [-0.39, 0.29) is 0 Å². The molecule has 4 heterocycles. The van der Waals surface area contributed by atoms with Crippen molar-refractivity contribution in [1.29, 1.82) is 0 Å². The van der Waals surface area contributed by atoms with Crippen LogP contribution in [0, 0.1) is 6.92 Å². The third-order valence-corrected chi connectivity index (χ3v) is 5.06. The van der Waals surface area contributed by atoms with Crippen LogP contribution in [0.15, 0.2) is 30.5 Å². The Morgan fingerprint density at radius 2 is 1.68 bits per heavy atom. The topological polar surface area (TPSA) is 54.4 Å². The Bertz CT molecular complexity index is 694. The first-order valence-electron chi connectivity index (χ1n) is 9.14. The Balaban J connectivity index is 1.46. The molecule has 0 spiro atoms. The van der Waals surface area contributed by atoms with E-state index in [1.165, 1.54) is 5.69 Å². The molecular formula is C19H25N5O. The quantitative estimate of drug-likeness (QED) is 0.856. The zero-order chi connectivity index (χ0) is 17.1. The van der Waals surface area contributed by atoms with Gasteiger partial charge in [-0.25, -0.2) is 15.0 Å². The summed E-state index contributed by atoms with van der Waals surface area (Å²) in [7, 11) is 0. The third kappa shape index (κ3) is 3.74. The van der Waals surface area contributed by atoms with Crippen molar-refractivity contribution in [2.24, 2.45) is 0 Å². The number of piperazine rings is 1. The molecule has 0 amide bonds. The third-order valence-electron chi connectivity index (χ3n) is 5.06. The van der Waals surface area contributed by atoms with Crippen LogP contribution in [0.3, 0.4) is 0 Å². The van der Waals surface area contributed by atoms with E-state index < -0.39 is 0 Å². The van der Waals surface area contributed by atoms with Gasteiger partial charge in [0.15, 0.2) is 0 Å². The van der Waals surface area contributed by atoms with Crippen molar-refractivity contribution >= 4 is 11.6 Å². The van der Waals surface area contributed by atoms with Crippen LogP contribution in [0.2, 0.25) is 0 Å². The zero-order valence-corrected chi connectivity index (χ0v) is 14.8. The molecule has 0 N–H and O–H groups in total. The van der Waals surface area contributed by atoms with E-state index in [1.807, 2.05) is 25.3 Å². The second-order valence-corrected chi connectivity index (χ2v) is 6.75. The van der Waals surface area contributed by atoms with Crippen molar-refractivity contribution < 1.29 is 4.74 Å². The number of anilines is 2. The van der Waals surface area contributed by atoms with Crippen molar-refractivity contribution in [2.45, 2.75) is 25.7 Å². The molecule has 0 unspecified atom stereocenters. The summed E-state index contributed by atoms with van der Waals surface area (Å²) in [4.78, 5) is 18.6. The molecule has 6 heteroatoms. The van der Waals surface area contributed by atoms with E-state index in [2.05, 4.69) is 26.9 Å². The van der Waals surface area contributed by atoms with Crippen molar-refractivity contribution in [3.05, 3.63) is 42.0 Å². The Hall–Kier alpha value is -2.21. The molecule has 0 aromatic carbocycles. The van der Waals surface area contributed by atoms with Crippen molar-refractivity contribution in [3.63, 3.8) is 0 Å². The highest BCUT2D eigenvalue weighted by Crippen LogP contribution is 2.28. The molecule has 2 aliphatic rings. The standard InChI is InChI=1S/C19H25N5O/c1-15-21-17(16-5-12-25-13-6-16)14-19(22-15)24-10-8-23(9-11-24)18-4-2-3-7-20-18/h2-4,7,14,16H,5-6,8-13H2,1H3. The number of nitrogens with zero attached hydrogens (tertiary/aromatic N) is 5. The fraction of sp³-hybridized carbons (Fsp3) is 0.526. The normalized spacial score (nSPS) is 19.2. The van der Waals surface area contributed by atoms with Gasteiger partial charge in [-0.3, -0.25) is 0 Å². The lowest BCUT2D eigenvalue weighted by atomic mass is 9.96. The number of ether oxygens (including phenoxy) is 1. The van der Waals surface area contributed by atoms with E-state index in [4.69, 9.17) is 14.7 Å². The Kier molecular flexibility index (Phi) is 4.78. The number of aryl methyl sites for hydroxylation is 1. The van der Waals surface area contributed by atoms with Gasteiger partial charge in [0.25, 0.3) is 0 Å². The number of aromatic nitrogens is 3. The van der Waals surface area contributed by atoms with Gasteiger partial charge >= 0.3 is 0 Å². The Labute approximate surface area is 148 Å². The highest BCUT2D eigenvalue weighted by atomic mass is 16.5. The SMILES string of the molecule is Cc1nc(C2CCOCC2)cc(N2CCN(c3ccccn3)CC2)n1. The predicted molar refractivity (Wildman–Crippen MR) is 98.2 cm³/mol. The van der Waals surface area contributed by atoms with Gasteiger partial charge in [0.1, 0.15) is 17.5 Å². The van der Waals surface area contributed by atoms with E-state index >= 15 is 0 Å². The maximum atomic E-state index is 5.49. The zero-order valence-electron chi connectivity index (χ0n) is 14.8. The van der Waals surface area contributed by atoms with Crippen molar-refractivity contribution in [1.82, 2.24) is 15.0 Å². The van der Waals surface area contributed by atoms with Gasteiger partial charge in [-0.2, -0.15) is 0 Å². The van der Waals surface area contributed by atoms with Crippen LogP contribution in [0.25, 0.3) is 0 Å². The summed E-state index contributed by atoms with van der Waals surface area (Å²) in [5.41, 5.74) is 1.18. The van der Waals surface area contributed by atoms with Crippen LogP contribution in [-0.4, -0.2) is 54.3 Å². The first kappa shape index (κ1) is 16.3. The van der Waals surface area contributed by atoms with Gasteiger partial charge in [0.2, 0.25) is 0 Å². The number of hydrogen-bond donors (Lipinski definition) is 0. The second-order valence-electron chi connectivity index (χ2n) is 6.75.